The molecule has 1 fully saturated rings. The molecule has 0 aliphatic carbocycles. The summed E-state index contributed by atoms with van der Waals surface area (Å²) >= 11 is 0. The quantitative estimate of drug-likeness (QED) is 0.724. The first-order valence-corrected chi connectivity index (χ1v) is 7.32. The monoisotopic (exact) mass is 256 g/mol. The van der Waals surface area contributed by atoms with Crippen LogP contribution in [0.5, 0.6) is 0 Å². The third kappa shape index (κ3) is 3.46. The number of aliphatic hydroxyl groups is 1. The highest BCUT2D eigenvalue weighted by molar-refractivity contribution is 5.08. The predicted molar refractivity (Wildman–Crippen MR) is 77.5 cm³/mol. The van der Waals surface area contributed by atoms with Crippen LogP contribution in [0.2, 0.25) is 0 Å². The van der Waals surface area contributed by atoms with Gasteiger partial charge in [-0.25, -0.2) is 0 Å². The molecule has 108 valence electrons. The molecule has 4 N–H and O–H groups in total. The van der Waals surface area contributed by atoms with E-state index < -0.39 is 5.60 Å². The summed E-state index contributed by atoms with van der Waals surface area (Å²) < 4.78 is 0. The molecule has 0 bridgehead atoms. The second-order valence-corrected chi connectivity index (χ2v) is 7.45. The molecular formula is C15H32N2O. The van der Waals surface area contributed by atoms with Gasteiger partial charge in [-0.1, -0.05) is 26.7 Å². The Morgan fingerprint density at radius 2 is 1.44 bits per heavy atom. The van der Waals surface area contributed by atoms with E-state index in [2.05, 4.69) is 46.9 Å². The van der Waals surface area contributed by atoms with Crippen LogP contribution in [0.15, 0.2) is 0 Å². The fourth-order valence-electron chi connectivity index (χ4n) is 4.07. The van der Waals surface area contributed by atoms with E-state index in [4.69, 9.17) is 5.73 Å². The number of nitrogens with two attached hydrogens (primary N) is 1. The van der Waals surface area contributed by atoms with E-state index >= 15 is 0 Å². The van der Waals surface area contributed by atoms with Gasteiger partial charge in [0, 0.05) is 17.1 Å². The molecule has 0 spiro atoms. The molecule has 0 aromatic carbocycles. The average Bonchev–Trinajstić information content (AvgIpc) is 2.13. The Bertz CT molecular complexity index is 266. The van der Waals surface area contributed by atoms with Gasteiger partial charge in [-0.05, 0) is 46.5 Å². The normalized spacial score (nSPS) is 27.2. The molecule has 3 heteroatoms. The Hall–Kier alpha value is -0.120. The molecule has 1 aliphatic heterocycles. The molecule has 0 aromatic heterocycles. The maximum Gasteiger partial charge on any atom is 0.0835 e. The van der Waals surface area contributed by atoms with Crippen molar-refractivity contribution in [1.29, 1.82) is 0 Å². The fraction of sp³-hybridized carbons (Fsp3) is 1.00. The van der Waals surface area contributed by atoms with Gasteiger partial charge in [0.25, 0.3) is 0 Å². The zero-order valence-corrected chi connectivity index (χ0v) is 13.0. The van der Waals surface area contributed by atoms with Crippen molar-refractivity contribution in [3.05, 3.63) is 0 Å². The fourth-order valence-corrected chi connectivity index (χ4v) is 4.07. The SMILES string of the molecule is CCC(CC)C(N)C1(O)CC(C)(C)NC(C)(C)C1. The van der Waals surface area contributed by atoms with Gasteiger partial charge in [0.15, 0.2) is 0 Å². The Morgan fingerprint density at radius 1 is 1.06 bits per heavy atom. The van der Waals surface area contributed by atoms with Crippen molar-refractivity contribution in [3.8, 4) is 0 Å². The lowest BCUT2D eigenvalue weighted by atomic mass is 9.67. The Balaban J connectivity index is 2.96. The molecule has 0 amide bonds. The van der Waals surface area contributed by atoms with Crippen LogP contribution in [0.3, 0.4) is 0 Å². The van der Waals surface area contributed by atoms with Crippen molar-refractivity contribution in [2.24, 2.45) is 11.7 Å². The highest BCUT2D eigenvalue weighted by Crippen LogP contribution is 2.40. The molecule has 1 rings (SSSR count). The van der Waals surface area contributed by atoms with Gasteiger partial charge in [-0.3, -0.25) is 0 Å². The smallest absolute Gasteiger partial charge is 0.0835 e. The summed E-state index contributed by atoms with van der Waals surface area (Å²) in [7, 11) is 0. The number of piperidine rings is 1. The summed E-state index contributed by atoms with van der Waals surface area (Å²) in [6, 6.07) is -0.131. The van der Waals surface area contributed by atoms with Gasteiger partial charge >= 0.3 is 0 Å². The number of hydrogen-bond acceptors (Lipinski definition) is 3. The van der Waals surface area contributed by atoms with Crippen molar-refractivity contribution in [2.45, 2.75) is 89.9 Å². The largest absolute Gasteiger partial charge is 0.388 e. The van der Waals surface area contributed by atoms with Gasteiger partial charge in [-0.2, -0.15) is 0 Å². The molecule has 0 radical (unpaired) electrons. The summed E-state index contributed by atoms with van der Waals surface area (Å²) in [6.45, 7) is 12.9. The van der Waals surface area contributed by atoms with E-state index in [1.165, 1.54) is 0 Å². The van der Waals surface area contributed by atoms with E-state index in [9.17, 15) is 5.11 Å². The van der Waals surface area contributed by atoms with E-state index in [-0.39, 0.29) is 17.1 Å². The molecule has 1 atom stereocenters. The number of nitrogens with one attached hydrogen (secondary N) is 1. The van der Waals surface area contributed by atoms with Crippen LogP contribution in [0.25, 0.3) is 0 Å². The van der Waals surface area contributed by atoms with E-state index in [1.807, 2.05) is 0 Å². The van der Waals surface area contributed by atoms with Crippen molar-refractivity contribution >= 4 is 0 Å². The van der Waals surface area contributed by atoms with E-state index in [0.717, 1.165) is 25.7 Å². The zero-order chi connectivity index (χ0) is 14.2. The van der Waals surface area contributed by atoms with Crippen molar-refractivity contribution < 1.29 is 5.11 Å². The summed E-state index contributed by atoms with van der Waals surface area (Å²) in [5.41, 5.74) is 5.52. The first-order chi connectivity index (χ1) is 8.05. The summed E-state index contributed by atoms with van der Waals surface area (Å²) in [5.74, 6) is 0.402. The lowest BCUT2D eigenvalue weighted by Gasteiger charge is -2.53. The van der Waals surface area contributed by atoms with Gasteiger partial charge in [0.05, 0.1) is 5.60 Å². The molecule has 0 saturated carbocycles. The van der Waals surface area contributed by atoms with Crippen molar-refractivity contribution in [3.63, 3.8) is 0 Å². The van der Waals surface area contributed by atoms with Crippen LogP contribution in [-0.2, 0) is 0 Å². The molecule has 1 unspecified atom stereocenters. The molecule has 0 aromatic rings. The first-order valence-electron chi connectivity index (χ1n) is 7.32. The van der Waals surface area contributed by atoms with Gasteiger partial charge in [-0.15, -0.1) is 0 Å². The summed E-state index contributed by atoms with van der Waals surface area (Å²) in [4.78, 5) is 0. The highest BCUT2D eigenvalue weighted by atomic mass is 16.3. The Labute approximate surface area is 113 Å². The molecule has 3 nitrogen and oxygen atoms in total. The average molecular weight is 256 g/mol. The topological polar surface area (TPSA) is 58.3 Å². The van der Waals surface area contributed by atoms with Crippen LogP contribution in [0.1, 0.15) is 67.2 Å². The molecule has 1 heterocycles. The van der Waals surface area contributed by atoms with Crippen LogP contribution in [-0.4, -0.2) is 27.8 Å². The molecule has 1 aliphatic rings. The maximum absolute atomic E-state index is 11.1. The summed E-state index contributed by atoms with van der Waals surface area (Å²) in [6.07, 6.45) is 3.52. The predicted octanol–water partition coefficient (Wildman–Crippen LogP) is 2.42. The molecule has 1 saturated heterocycles. The minimum atomic E-state index is -0.755. The molecular weight excluding hydrogens is 224 g/mol. The first kappa shape index (κ1) is 15.9. The minimum absolute atomic E-state index is 0.0693. The van der Waals surface area contributed by atoms with Crippen molar-refractivity contribution in [2.75, 3.05) is 0 Å². The second-order valence-electron chi connectivity index (χ2n) is 7.45. The van der Waals surface area contributed by atoms with Crippen LogP contribution >= 0.6 is 0 Å². The van der Waals surface area contributed by atoms with Gasteiger partial charge in [0.2, 0.25) is 0 Å². The third-order valence-electron chi connectivity index (χ3n) is 4.35. The van der Waals surface area contributed by atoms with Crippen LogP contribution in [0, 0.1) is 5.92 Å². The number of rotatable bonds is 4. The van der Waals surface area contributed by atoms with E-state index in [0.29, 0.717) is 5.92 Å². The zero-order valence-electron chi connectivity index (χ0n) is 13.0. The Morgan fingerprint density at radius 3 is 1.78 bits per heavy atom. The van der Waals surface area contributed by atoms with Crippen LogP contribution < -0.4 is 11.1 Å². The second kappa shape index (κ2) is 5.10. The van der Waals surface area contributed by atoms with Gasteiger partial charge < -0.3 is 16.2 Å². The van der Waals surface area contributed by atoms with E-state index in [1.54, 1.807) is 0 Å². The standard InChI is InChI=1S/C15H32N2O/c1-7-11(8-2)12(16)15(18)9-13(3,4)17-14(5,6)10-15/h11-12,17-18H,7-10,16H2,1-6H3. The van der Waals surface area contributed by atoms with Gasteiger partial charge in [0.1, 0.15) is 0 Å². The lowest BCUT2D eigenvalue weighted by Crippen LogP contribution is -2.68. The summed E-state index contributed by atoms with van der Waals surface area (Å²) in [5, 5.41) is 14.7. The lowest BCUT2D eigenvalue weighted by molar-refractivity contribution is -0.0855. The molecule has 18 heavy (non-hydrogen) atoms. The maximum atomic E-state index is 11.1. The Kier molecular flexibility index (Phi) is 4.52. The van der Waals surface area contributed by atoms with Crippen LogP contribution in [0.4, 0.5) is 0 Å². The highest BCUT2D eigenvalue weighted by Gasteiger charge is 2.50. The minimum Gasteiger partial charge on any atom is -0.388 e. The van der Waals surface area contributed by atoms with Crippen molar-refractivity contribution in [1.82, 2.24) is 5.32 Å². The number of hydrogen-bond donors (Lipinski definition) is 3. The third-order valence-corrected chi connectivity index (χ3v) is 4.35.